The minimum atomic E-state index is -1.07. The molecule has 0 saturated heterocycles. The van der Waals surface area contributed by atoms with Crippen LogP contribution >= 0.6 is 15.9 Å². The first-order valence-electron chi connectivity index (χ1n) is 10.4. The average molecular weight is 521 g/mol. The molecule has 1 aliphatic heterocycles. The first-order chi connectivity index (χ1) is 16.4. The number of carboxylic acid groups (broad SMARTS) is 1. The maximum absolute atomic E-state index is 13.1. The second kappa shape index (κ2) is 9.93. The fourth-order valence-electron chi connectivity index (χ4n) is 3.49. The minimum absolute atomic E-state index is 0.0790. The summed E-state index contributed by atoms with van der Waals surface area (Å²) < 4.78 is 12.2. The molecule has 8 heteroatoms. The topological polar surface area (TPSA) is 88.4 Å². The molecule has 34 heavy (non-hydrogen) atoms. The Balaban J connectivity index is 1.60. The highest BCUT2D eigenvalue weighted by Crippen LogP contribution is 2.38. The molecule has 3 aromatic carbocycles. The Hall–Kier alpha value is -3.91. The zero-order chi connectivity index (χ0) is 24.2. The first kappa shape index (κ1) is 23.3. The van der Waals surface area contributed by atoms with E-state index in [0.29, 0.717) is 39.6 Å². The molecule has 3 aromatic rings. The molecular weight excluding hydrogens is 500 g/mol. The zero-order valence-corrected chi connectivity index (χ0v) is 20.1. The second-order valence-electron chi connectivity index (χ2n) is 7.52. The van der Waals surface area contributed by atoms with Gasteiger partial charge in [-0.05, 0) is 70.4 Å². The maximum atomic E-state index is 13.1. The number of hydrogen-bond donors (Lipinski definition) is 1. The summed E-state index contributed by atoms with van der Waals surface area (Å²) in [4.78, 5) is 24.4. The van der Waals surface area contributed by atoms with Gasteiger partial charge in [-0.25, -0.2) is 4.79 Å². The molecule has 0 atom stereocenters. The van der Waals surface area contributed by atoms with Crippen LogP contribution in [0.3, 0.4) is 0 Å². The van der Waals surface area contributed by atoms with Gasteiger partial charge in [0.1, 0.15) is 6.61 Å². The number of carbonyl (C=O) groups is 2. The molecule has 0 aliphatic carbocycles. The Labute approximate surface area is 205 Å². The molecule has 1 aliphatic rings. The molecule has 0 bridgehead atoms. The molecule has 172 valence electrons. The van der Waals surface area contributed by atoms with Gasteiger partial charge in [0.15, 0.2) is 11.5 Å². The summed E-state index contributed by atoms with van der Waals surface area (Å²) >= 11 is 3.55. The van der Waals surface area contributed by atoms with Crippen LogP contribution in [0.4, 0.5) is 5.69 Å². The van der Waals surface area contributed by atoms with Crippen LogP contribution in [0.25, 0.3) is 6.08 Å². The van der Waals surface area contributed by atoms with Gasteiger partial charge < -0.3 is 14.6 Å². The summed E-state index contributed by atoms with van der Waals surface area (Å²) in [5.74, 6) is -0.344. The molecule has 0 fully saturated rings. The van der Waals surface area contributed by atoms with Crippen molar-refractivity contribution in [3.05, 3.63) is 93.5 Å². The molecule has 1 heterocycles. The number of nitrogens with zero attached hydrogens (tertiary/aromatic N) is 2. The van der Waals surface area contributed by atoms with E-state index in [1.807, 2.05) is 36.4 Å². The number of anilines is 1. The lowest BCUT2D eigenvalue weighted by molar-refractivity contribution is -0.114. The van der Waals surface area contributed by atoms with Crippen LogP contribution in [0.5, 0.6) is 11.5 Å². The Morgan fingerprint density at radius 1 is 1.12 bits per heavy atom. The number of carboxylic acids is 1. The van der Waals surface area contributed by atoms with Gasteiger partial charge in [0.25, 0.3) is 5.91 Å². The van der Waals surface area contributed by atoms with Crippen molar-refractivity contribution < 1.29 is 24.2 Å². The van der Waals surface area contributed by atoms with Crippen molar-refractivity contribution in [2.75, 3.05) is 12.1 Å². The van der Waals surface area contributed by atoms with E-state index in [2.05, 4.69) is 21.0 Å². The van der Waals surface area contributed by atoms with Crippen molar-refractivity contribution in [3.8, 4) is 11.5 Å². The number of hydrazone groups is 1. The van der Waals surface area contributed by atoms with E-state index in [-0.39, 0.29) is 11.5 Å². The standard InChI is InChI=1S/C26H21BrN2O5/c1-16-21(25(30)29(28-16)20-10-6-9-19(14-20)26(31)32)11-18-12-22(27)24(23(13-18)33-2)34-15-17-7-4-3-5-8-17/h3-14H,15H2,1-2H3,(H,31,32). The van der Waals surface area contributed by atoms with Crippen molar-refractivity contribution >= 4 is 45.3 Å². The molecular formula is C26H21BrN2O5. The van der Waals surface area contributed by atoms with Gasteiger partial charge in [0.05, 0.1) is 34.1 Å². The van der Waals surface area contributed by atoms with E-state index >= 15 is 0 Å². The van der Waals surface area contributed by atoms with Crippen molar-refractivity contribution in [3.63, 3.8) is 0 Å². The smallest absolute Gasteiger partial charge is 0.335 e. The van der Waals surface area contributed by atoms with Gasteiger partial charge in [-0.3, -0.25) is 4.79 Å². The maximum Gasteiger partial charge on any atom is 0.335 e. The summed E-state index contributed by atoms with van der Waals surface area (Å²) in [5, 5.41) is 14.8. The number of methoxy groups -OCH3 is 1. The lowest BCUT2D eigenvalue weighted by Crippen LogP contribution is -2.21. The molecule has 0 aromatic heterocycles. The first-order valence-corrected chi connectivity index (χ1v) is 11.2. The fraction of sp³-hybridized carbons (Fsp3) is 0.115. The third kappa shape index (κ3) is 4.87. The number of halogens is 1. The Morgan fingerprint density at radius 3 is 2.59 bits per heavy atom. The lowest BCUT2D eigenvalue weighted by atomic mass is 10.1. The van der Waals surface area contributed by atoms with Gasteiger partial charge in [-0.2, -0.15) is 10.1 Å². The third-order valence-corrected chi connectivity index (χ3v) is 5.78. The summed E-state index contributed by atoms with van der Waals surface area (Å²) in [6.07, 6.45) is 1.72. The SMILES string of the molecule is COc1cc(C=C2C(=O)N(c3cccc(C(=O)O)c3)N=C2C)cc(Br)c1OCc1ccccc1. The number of amides is 1. The van der Waals surface area contributed by atoms with Crippen LogP contribution in [0, 0.1) is 0 Å². The summed E-state index contributed by atoms with van der Waals surface area (Å²) in [6, 6.07) is 19.5. The van der Waals surface area contributed by atoms with E-state index in [9.17, 15) is 14.7 Å². The predicted octanol–water partition coefficient (Wildman–Crippen LogP) is 5.54. The number of rotatable bonds is 7. The Kier molecular flexibility index (Phi) is 6.79. The average Bonchev–Trinajstić information content (AvgIpc) is 3.12. The van der Waals surface area contributed by atoms with E-state index in [4.69, 9.17) is 9.47 Å². The summed E-state index contributed by atoms with van der Waals surface area (Å²) in [6.45, 7) is 2.11. The van der Waals surface area contributed by atoms with Gasteiger partial charge in [0.2, 0.25) is 0 Å². The molecule has 0 saturated carbocycles. The fourth-order valence-corrected chi connectivity index (χ4v) is 4.06. The van der Waals surface area contributed by atoms with Crippen LogP contribution in [0.1, 0.15) is 28.4 Å². The van der Waals surface area contributed by atoms with E-state index in [1.165, 1.54) is 17.1 Å². The van der Waals surface area contributed by atoms with Gasteiger partial charge >= 0.3 is 5.97 Å². The van der Waals surface area contributed by atoms with Crippen LogP contribution in [0.2, 0.25) is 0 Å². The van der Waals surface area contributed by atoms with Crippen molar-refractivity contribution in [1.29, 1.82) is 0 Å². The number of benzene rings is 3. The van der Waals surface area contributed by atoms with Crippen LogP contribution < -0.4 is 14.5 Å². The van der Waals surface area contributed by atoms with Crippen LogP contribution in [-0.4, -0.2) is 29.8 Å². The largest absolute Gasteiger partial charge is 0.493 e. The number of carbonyl (C=O) groups excluding carboxylic acids is 1. The third-order valence-electron chi connectivity index (χ3n) is 5.19. The van der Waals surface area contributed by atoms with Crippen molar-refractivity contribution in [2.24, 2.45) is 5.10 Å². The van der Waals surface area contributed by atoms with Gasteiger partial charge in [0, 0.05) is 0 Å². The number of hydrogen-bond acceptors (Lipinski definition) is 5. The Bertz CT molecular complexity index is 1320. The highest BCUT2D eigenvalue weighted by molar-refractivity contribution is 9.10. The second-order valence-corrected chi connectivity index (χ2v) is 8.38. The molecule has 4 rings (SSSR count). The van der Waals surface area contributed by atoms with Crippen molar-refractivity contribution in [1.82, 2.24) is 0 Å². The normalized spacial score (nSPS) is 14.3. The summed E-state index contributed by atoms with van der Waals surface area (Å²) in [7, 11) is 1.55. The molecule has 1 amide bonds. The molecule has 0 unspecified atom stereocenters. The van der Waals surface area contributed by atoms with E-state index in [1.54, 1.807) is 38.3 Å². The molecule has 7 nitrogen and oxygen atoms in total. The predicted molar refractivity (Wildman–Crippen MR) is 133 cm³/mol. The molecule has 1 N–H and O–H groups in total. The zero-order valence-electron chi connectivity index (χ0n) is 18.5. The molecule has 0 radical (unpaired) electrons. The van der Waals surface area contributed by atoms with E-state index in [0.717, 1.165) is 11.1 Å². The van der Waals surface area contributed by atoms with Gasteiger partial charge in [-0.15, -0.1) is 0 Å². The number of aromatic carboxylic acids is 1. The lowest BCUT2D eigenvalue weighted by Gasteiger charge is -2.14. The van der Waals surface area contributed by atoms with Crippen LogP contribution in [0.15, 0.2) is 81.9 Å². The van der Waals surface area contributed by atoms with Crippen LogP contribution in [-0.2, 0) is 11.4 Å². The summed E-state index contributed by atoms with van der Waals surface area (Å²) in [5.41, 5.74) is 3.12. The quantitative estimate of drug-likeness (QED) is 0.413. The van der Waals surface area contributed by atoms with E-state index < -0.39 is 5.97 Å². The van der Waals surface area contributed by atoms with Crippen molar-refractivity contribution in [2.45, 2.75) is 13.5 Å². The molecule has 0 spiro atoms. The minimum Gasteiger partial charge on any atom is -0.493 e. The number of ether oxygens (including phenoxy) is 2. The van der Waals surface area contributed by atoms with Gasteiger partial charge in [-0.1, -0.05) is 36.4 Å². The highest BCUT2D eigenvalue weighted by atomic mass is 79.9. The monoisotopic (exact) mass is 520 g/mol. The highest BCUT2D eigenvalue weighted by Gasteiger charge is 2.29. The Morgan fingerprint density at radius 2 is 1.88 bits per heavy atom.